The van der Waals surface area contributed by atoms with Crippen molar-refractivity contribution < 1.29 is 4.74 Å². The van der Waals surface area contributed by atoms with Crippen LogP contribution in [-0.2, 0) is 0 Å². The molecule has 2 nitrogen and oxygen atoms in total. The van der Waals surface area contributed by atoms with Gasteiger partial charge >= 0.3 is 0 Å². The lowest BCUT2D eigenvalue weighted by Crippen LogP contribution is -2.04. The van der Waals surface area contributed by atoms with Gasteiger partial charge in [-0.2, -0.15) is 5.26 Å². The van der Waals surface area contributed by atoms with Crippen LogP contribution in [0.2, 0.25) is 0 Å². The van der Waals surface area contributed by atoms with Crippen LogP contribution in [0.15, 0.2) is 48.5 Å². The maximum atomic E-state index is 9.26. The Balaban J connectivity index is 1.93. The minimum atomic E-state index is -0.109. The summed E-state index contributed by atoms with van der Waals surface area (Å²) in [6, 6.07) is 18.4. The van der Waals surface area contributed by atoms with E-state index in [1.165, 1.54) is 11.1 Å². The highest BCUT2D eigenvalue weighted by Crippen LogP contribution is 2.20. The molecule has 0 aliphatic heterocycles. The zero-order chi connectivity index (χ0) is 14.4. The molecule has 0 spiro atoms. The minimum Gasteiger partial charge on any atom is -0.494 e. The zero-order valence-electron chi connectivity index (χ0n) is 12.0. The quantitative estimate of drug-likeness (QED) is 0.803. The Kier molecular flexibility index (Phi) is 4.79. The average Bonchev–Trinajstić information content (AvgIpc) is 2.43. The molecule has 20 heavy (non-hydrogen) atoms. The van der Waals surface area contributed by atoms with Crippen molar-refractivity contribution in [3.63, 3.8) is 0 Å². The summed E-state index contributed by atoms with van der Waals surface area (Å²) < 4.78 is 5.77. The van der Waals surface area contributed by atoms with E-state index in [9.17, 15) is 5.26 Å². The van der Waals surface area contributed by atoms with Gasteiger partial charge in [0, 0.05) is 6.42 Å². The van der Waals surface area contributed by atoms with E-state index in [2.05, 4.69) is 26.0 Å². The SMILES string of the molecule is Cc1cc(C)cc(OCCC(C#N)c2ccccc2)c1. The summed E-state index contributed by atoms with van der Waals surface area (Å²) in [6.45, 7) is 4.67. The van der Waals surface area contributed by atoms with Crippen LogP contribution in [0.4, 0.5) is 0 Å². The van der Waals surface area contributed by atoms with Gasteiger partial charge in [-0.25, -0.2) is 0 Å². The lowest BCUT2D eigenvalue weighted by atomic mass is 9.98. The molecular weight excluding hydrogens is 246 g/mol. The van der Waals surface area contributed by atoms with E-state index in [4.69, 9.17) is 4.74 Å². The standard InChI is InChI=1S/C18H19NO/c1-14-10-15(2)12-18(11-14)20-9-8-17(13-19)16-6-4-3-5-7-16/h3-7,10-12,17H,8-9H2,1-2H3. The summed E-state index contributed by atoms with van der Waals surface area (Å²) in [7, 11) is 0. The predicted octanol–water partition coefficient (Wildman–Crippen LogP) is 4.38. The van der Waals surface area contributed by atoms with Crippen molar-refractivity contribution in [1.82, 2.24) is 0 Å². The van der Waals surface area contributed by atoms with Crippen LogP contribution in [0.3, 0.4) is 0 Å². The van der Waals surface area contributed by atoms with Gasteiger partial charge in [0.1, 0.15) is 5.75 Å². The number of rotatable bonds is 5. The normalized spacial score (nSPS) is 11.7. The Labute approximate surface area is 120 Å². The molecule has 2 aromatic rings. The van der Waals surface area contributed by atoms with Crippen molar-refractivity contribution in [3.8, 4) is 11.8 Å². The molecular formula is C18H19NO. The van der Waals surface area contributed by atoms with Gasteiger partial charge in [0.05, 0.1) is 18.6 Å². The van der Waals surface area contributed by atoms with Crippen LogP contribution in [0.25, 0.3) is 0 Å². The van der Waals surface area contributed by atoms with Gasteiger partial charge < -0.3 is 4.74 Å². The molecule has 0 amide bonds. The molecule has 2 aromatic carbocycles. The maximum absolute atomic E-state index is 9.26. The highest BCUT2D eigenvalue weighted by atomic mass is 16.5. The van der Waals surface area contributed by atoms with Gasteiger partial charge in [0.25, 0.3) is 0 Å². The zero-order valence-corrected chi connectivity index (χ0v) is 12.0. The molecule has 0 aliphatic carbocycles. The van der Waals surface area contributed by atoms with E-state index >= 15 is 0 Å². The van der Waals surface area contributed by atoms with Crippen LogP contribution in [-0.4, -0.2) is 6.61 Å². The third-order valence-corrected chi connectivity index (χ3v) is 3.23. The number of nitriles is 1. The first-order chi connectivity index (χ1) is 9.69. The Bertz CT molecular complexity index is 578. The van der Waals surface area contributed by atoms with E-state index in [1.54, 1.807) is 0 Å². The van der Waals surface area contributed by atoms with Gasteiger partial charge in [0.2, 0.25) is 0 Å². The first kappa shape index (κ1) is 14.1. The molecule has 0 bridgehead atoms. The van der Waals surface area contributed by atoms with Crippen LogP contribution in [0.5, 0.6) is 5.75 Å². The van der Waals surface area contributed by atoms with E-state index in [-0.39, 0.29) is 5.92 Å². The molecule has 0 saturated carbocycles. The summed E-state index contributed by atoms with van der Waals surface area (Å²) in [4.78, 5) is 0. The van der Waals surface area contributed by atoms with Crippen LogP contribution < -0.4 is 4.74 Å². The fourth-order valence-electron chi connectivity index (χ4n) is 2.30. The van der Waals surface area contributed by atoms with Gasteiger partial charge in [-0.1, -0.05) is 36.4 Å². The lowest BCUT2D eigenvalue weighted by molar-refractivity contribution is 0.305. The third kappa shape index (κ3) is 3.86. The van der Waals surface area contributed by atoms with Gasteiger partial charge in [-0.3, -0.25) is 0 Å². The Morgan fingerprint density at radius 3 is 2.30 bits per heavy atom. The minimum absolute atomic E-state index is 0.109. The second-order valence-electron chi connectivity index (χ2n) is 5.05. The lowest BCUT2D eigenvalue weighted by Gasteiger charge is -2.11. The molecule has 2 rings (SSSR count). The van der Waals surface area contributed by atoms with Gasteiger partial charge in [-0.15, -0.1) is 0 Å². The van der Waals surface area contributed by atoms with Crippen molar-refractivity contribution in [2.75, 3.05) is 6.61 Å². The number of hydrogen-bond donors (Lipinski definition) is 0. The smallest absolute Gasteiger partial charge is 0.119 e. The van der Waals surface area contributed by atoms with E-state index in [0.29, 0.717) is 13.0 Å². The van der Waals surface area contributed by atoms with Gasteiger partial charge in [0.15, 0.2) is 0 Å². The van der Waals surface area contributed by atoms with Gasteiger partial charge in [-0.05, 0) is 42.7 Å². The molecule has 0 saturated heterocycles. The number of ether oxygens (including phenoxy) is 1. The second kappa shape index (κ2) is 6.77. The third-order valence-electron chi connectivity index (χ3n) is 3.23. The molecule has 0 aromatic heterocycles. The molecule has 0 heterocycles. The first-order valence-electron chi connectivity index (χ1n) is 6.84. The average molecular weight is 265 g/mol. The maximum Gasteiger partial charge on any atom is 0.119 e. The number of benzene rings is 2. The monoisotopic (exact) mass is 265 g/mol. The van der Waals surface area contributed by atoms with Crippen LogP contribution >= 0.6 is 0 Å². The van der Waals surface area contributed by atoms with Crippen LogP contribution in [0.1, 0.15) is 29.0 Å². The Hall–Kier alpha value is -2.27. The predicted molar refractivity (Wildman–Crippen MR) is 80.8 cm³/mol. The largest absolute Gasteiger partial charge is 0.494 e. The van der Waals surface area contributed by atoms with E-state index < -0.39 is 0 Å². The second-order valence-corrected chi connectivity index (χ2v) is 5.05. The Morgan fingerprint density at radius 1 is 1.05 bits per heavy atom. The molecule has 0 aliphatic rings. The fourth-order valence-corrected chi connectivity index (χ4v) is 2.30. The highest BCUT2D eigenvalue weighted by Gasteiger charge is 2.10. The molecule has 102 valence electrons. The van der Waals surface area contributed by atoms with Crippen molar-refractivity contribution >= 4 is 0 Å². The molecule has 0 fully saturated rings. The number of nitrogens with zero attached hydrogens (tertiary/aromatic N) is 1. The molecule has 1 atom stereocenters. The van der Waals surface area contributed by atoms with Crippen molar-refractivity contribution in [2.45, 2.75) is 26.2 Å². The summed E-state index contributed by atoms with van der Waals surface area (Å²) >= 11 is 0. The number of aryl methyl sites for hydroxylation is 2. The molecule has 0 radical (unpaired) electrons. The van der Waals surface area contributed by atoms with Crippen molar-refractivity contribution in [1.29, 1.82) is 5.26 Å². The summed E-state index contributed by atoms with van der Waals surface area (Å²) in [5.74, 6) is 0.773. The fraction of sp³-hybridized carbons (Fsp3) is 0.278. The molecule has 2 heteroatoms. The first-order valence-corrected chi connectivity index (χ1v) is 6.84. The van der Waals surface area contributed by atoms with E-state index in [1.807, 2.05) is 42.5 Å². The van der Waals surface area contributed by atoms with Crippen molar-refractivity contribution in [3.05, 3.63) is 65.2 Å². The van der Waals surface area contributed by atoms with E-state index in [0.717, 1.165) is 11.3 Å². The van der Waals surface area contributed by atoms with Crippen molar-refractivity contribution in [2.24, 2.45) is 0 Å². The summed E-state index contributed by atoms with van der Waals surface area (Å²) in [5.41, 5.74) is 3.44. The highest BCUT2D eigenvalue weighted by molar-refractivity contribution is 5.33. The number of hydrogen-bond acceptors (Lipinski definition) is 2. The van der Waals surface area contributed by atoms with Crippen LogP contribution in [0, 0.1) is 25.2 Å². The summed E-state index contributed by atoms with van der Waals surface area (Å²) in [6.07, 6.45) is 0.702. The molecule has 1 unspecified atom stereocenters. The topological polar surface area (TPSA) is 33.0 Å². The Morgan fingerprint density at radius 2 is 1.70 bits per heavy atom. The summed E-state index contributed by atoms with van der Waals surface area (Å²) in [5, 5.41) is 9.26. The molecule has 0 N–H and O–H groups in total.